The standard InChI is InChI=1S/C14H24O/c1-6-10(3)12(7-2)13-8-11(15)9-14(13,4)5/h13H,6-9H2,1-5H3/b12-10+. The Balaban J connectivity index is 3.01. The van der Waals surface area contributed by atoms with Gasteiger partial charge in [0, 0.05) is 12.8 Å². The molecule has 0 heterocycles. The Labute approximate surface area is 93.9 Å². The zero-order valence-corrected chi connectivity index (χ0v) is 10.8. The number of hydrogen-bond donors (Lipinski definition) is 0. The van der Waals surface area contributed by atoms with Crippen molar-refractivity contribution in [2.24, 2.45) is 11.3 Å². The van der Waals surface area contributed by atoms with Crippen molar-refractivity contribution in [3.63, 3.8) is 0 Å². The fourth-order valence-corrected chi connectivity index (χ4v) is 2.88. The third kappa shape index (κ3) is 2.50. The fourth-order valence-electron chi connectivity index (χ4n) is 2.88. The summed E-state index contributed by atoms with van der Waals surface area (Å²) in [6.07, 6.45) is 3.75. The summed E-state index contributed by atoms with van der Waals surface area (Å²) < 4.78 is 0. The molecule has 1 rings (SSSR count). The van der Waals surface area contributed by atoms with E-state index in [2.05, 4.69) is 34.6 Å². The van der Waals surface area contributed by atoms with Crippen LogP contribution in [0.1, 0.15) is 60.3 Å². The van der Waals surface area contributed by atoms with Gasteiger partial charge in [-0.2, -0.15) is 0 Å². The lowest BCUT2D eigenvalue weighted by atomic mass is 9.75. The van der Waals surface area contributed by atoms with E-state index in [1.54, 1.807) is 0 Å². The van der Waals surface area contributed by atoms with Crippen LogP contribution < -0.4 is 0 Å². The highest BCUT2D eigenvalue weighted by Crippen LogP contribution is 2.46. The second-order valence-corrected chi connectivity index (χ2v) is 5.47. The minimum absolute atomic E-state index is 0.179. The van der Waals surface area contributed by atoms with Crippen molar-refractivity contribution in [1.29, 1.82) is 0 Å². The summed E-state index contributed by atoms with van der Waals surface area (Å²) in [5.74, 6) is 0.940. The van der Waals surface area contributed by atoms with Crippen LogP contribution in [0, 0.1) is 11.3 Å². The second-order valence-electron chi connectivity index (χ2n) is 5.47. The van der Waals surface area contributed by atoms with Crippen LogP contribution in [0.3, 0.4) is 0 Å². The minimum atomic E-state index is 0.179. The van der Waals surface area contributed by atoms with Crippen LogP contribution in [-0.4, -0.2) is 5.78 Å². The SMILES string of the molecule is CC/C(C)=C(\CC)C1CC(=O)CC1(C)C. The number of hydrogen-bond acceptors (Lipinski definition) is 1. The largest absolute Gasteiger partial charge is 0.300 e. The molecule has 0 aromatic rings. The van der Waals surface area contributed by atoms with Crippen molar-refractivity contribution in [3.8, 4) is 0 Å². The number of carbonyl (C=O) groups excluding carboxylic acids is 1. The number of allylic oxidation sites excluding steroid dienone is 2. The molecule has 0 aromatic carbocycles. The molecule has 0 N–H and O–H groups in total. The maximum atomic E-state index is 11.6. The molecule has 1 heteroatoms. The quantitative estimate of drug-likeness (QED) is 0.637. The van der Waals surface area contributed by atoms with E-state index in [0.29, 0.717) is 11.7 Å². The highest BCUT2D eigenvalue weighted by molar-refractivity contribution is 5.82. The molecule has 0 amide bonds. The molecule has 1 saturated carbocycles. The van der Waals surface area contributed by atoms with Gasteiger partial charge in [0.15, 0.2) is 0 Å². The molecular weight excluding hydrogens is 184 g/mol. The monoisotopic (exact) mass is 208 g/mol. The Hall–Kier alpha value is -0.590. The summed E-state index contributed by atoms with van der Waals surface area (Å²) in [5, 5.41) is 0. The maximum absolute atomic E-state index is 11.6. The van der Waals surface area contributed by atoms with Crippen molar-refractivity contribution in [1.82, 2.24) is 0 Å². The Kier molecular flexibility index (Phi) is 3.75. The summed E-state index contributed by atoms with van der Waals surface area (Å²) in [5.41, 5.74) is 3.21. The second kappa shape index (κ2) is 4.51. The van der Waals surface area contributed by atoms with Crippen molar-refractivity contribution < 1.29 is 4.79 Å². The van der Waals surface area contributed by atoms with E-state index in [1.807, 2.05) is 0 Å². The van der Waals surface area contributed by atoms with Crippen LogP contribution in [-0.2, 0) is 4.79 Å². The average molecular weight is 208 g/mol. The first-order valence-corrected chi connectivity index (χ1v) is 6.12. The third-order valence-corrected chi connectivity index (χ3v) is 3.91. The van der Waals surface area contributed by atoms with Gasteiger partial charge in [-0.1, -0.05) is 38.8 Å². The van der Waals surface area contributed by atoms with Gasteiger partial charge in [-0.05, 0) is 31.1 Å². The Morgan fingerprint density at radius 2 is 1.93 bits per heavy atom. The zero-order chi connectivity index (χ0) is 11.6. The first-order chi connectivity index (χ1) is 6.92. The molecule has 1 nitrogen and oxygen atoms in total. The fraction of sp³-hybridized carbons (Fsp3) is 0.786. The number of carbonyl (C=O) groups is 1. The van der Waals surface area contributed by atoms with Crippen molar-refractivity contribution in [2.75, 3.05) is 0 Å². The molecule has 1 fully saturated rings. The molecule has 0 spiro atoms. The van der Waals surface area contributed by atoms with Crippen molar-refractivity contribution in [3.05, 3.63) is 11.1 Å². The topological polar surface area (TPSA) is 17.1 Å². The van der Waals surface area contributed by atoms with E-state index in [-0.39, 0.29) is 5.41 Å². The van der Waals surface area contributed by atoms with Crippen molar-refractivity contribution in [2.45, 2.75) is 60.3 Å². The molecule has 0 aromatic heterocycles. The lowest BCUT2D eigenvalue weighted by molar-refractivity contribution is -0.117. The first-order valence-electron chi connectivity index (χ1n) is 6.12. The molecular formula is C14H24O. The Bertz CT molecular complexity index is 284. The summed E-state index contributed by atoms with van der Waals surface area (Å²) in [7, 11) is 0. The predicted molar refractivity (Wildman–Crippen MR) is 64.8 cm³/mol. The molecule has 0 aliphatic heterocycles. The van der Waals surface area contributed by atoms with E-state index in [4.69, 9.17) is 0 Å². The molecule has 0 saturated heterocycles. The van der Waals surface area contributed by atoms with E-state index >= 15 is 0 Å². The average Bonchev–Trinajstić information content (AvgIpc) is 2.41. The van der Waals surface area contributed by atoms with Gasteiger partial charge in [-0.15, -0.1) is 0 Å². The maximum Gasteiger partial charge on any atom is 0.134 e. The molecule has 15 heavy (non-hydrogen) atoms. The highest BCUT2D eigenvalue weighted by Gasteiger charge is 2.41. The van der Waals surface area contributed by atoms with Gasteiger partial charge in [0.25, 0.3) is 0 Å². The molecule has 1 atom stereocenters. The zero-order valence-electron chi connectivity index (χ0n) is 10.8. The smallest absolute Gasteiger partial charge is 0.134 e. The van der Waals surface area contributed by atoms with Gasteiger partial charge in [0.2, 0.25) is 0 Å². The lowest BCUT2D eigenvalue weighted by Crippen LogP contribution is -2.20. The van der Waals surface area contributed by atoms with Gasteiger partial charge in [0.1, 0.15) is 5.78 Å². The summed E-state index contributed by atoms with van der Waals surface area (Å²) >= 11 is 0. The van der Waals surface area contributed by atoms with Crippen LogP contribution >= 0.6 is 0 Å². The molecule has 1 aliphatic rings. The number of rotatable bonds is 3. The van der Waals surface area contributed by atoms with Crippen LogP contribution in [0.25, 0.3) is 0 Å². The van der Waals surface area contributed by atoms with Crippen LogP contribution in [0.4, 0.5) is 0 Å². The summed E-state index contributed by atoms with van der Waals surface area (Å²) in [6, 6.07) is 0. The molecule has 1 aliphatic carbocycles. The third-order valence-electron chi connectivity index (χ3n) is 3.91. The van der Waals surface area contributed by atoms with E-state index in [1.165, 1.54) is 11.1 Å². The molecule has 0 radical (unpaired) electrons. The van der Waals surface area contributed by atoms with Crippen LogP contribution in [0.2, 0.25) is 0 Å². The summed E-state index contributed by atoms with van der Waals surface area (Å²) in [4.78, 5) is 11.6. The van der Waals surface area contributed by atoms with Gasteiger partial charge in [-0.25, -0.2) is 0 Å². The van der Waals surface area contributed by atoms with Gasteiger partial charge in [-0.3, -0.25) is 4.79 Å². The Morgan fingerprint density at radius 3 is 2.27 bits per heavy atom. The van der Waals surface area contributed by atoms with Gasteiger partial charge < -0.3 is 0 Å². The van der Waals surface area contributed by atoms with E-state index in [0.717, 1.165) is 25.7 Å². The Morgan fingerprint density at radius 1 is 1.33 bits per heavy atom. The first kappa shape index (κ1) is 12.5. The minimum Gasteiger partial charge on any atom is -0.300 e. The summed E-state index contributed by atoms with van der Waals surface area (Å²) in [6.45, 7) is 11.1. The van der Waals surface area contributed by atoms with Crippen LogP contribution in [0.5, 0.6) is 0 Å². The van der Waals surface area contributed by atoms with E-state index in [9.17, 15) is 4.79 Å². The molecule has 86 valence electrons. The van der Waals surface area contributed by atoms with Gasteiger partial charge in [0.05, 0.1) is 0 Å². The number of Topliss-reactive ketones (excluding diaryl/α,β-unsaturated/α-hetero) is 1. The normalized spacial score (nSPS) is 26.7. The molecule has 0 bridgehead atoms. The van der Waals surface area contributed by atoms with Gasteiger partial charge >= 0.3 is 0 Å². The molecule has 1 unspecified atom stereocenters. The highest BCUT2D eigenvalue weighted by atomic mass is 16.1. The predicted octanol–water partition coefficient (Wildman–Crippen LogP) is 4.13. The lowest BCUT2D eigenvalue weighted by Gasteiger charge is -2.29. The van der Waals surface area contributed by atoms with Crippen molar-refractivity contribution >= 4 is 5.78 Å². The number of ketones is 1. The van der Waals surface area contributed by atoms with E-state index < -0.39 is 0 Å². The van der Waals surface area contributed by atoms with Crippen LogP contribution in [0.15, 0.2) is 11.1 Å².